The summed E-state index contributed by atoms with van der Waals surface area (Å²) in [7, 11) is 0. The molecule has 1 heterocycles. The lowest BCUT2D eigenvalue weighted by atomic mass is 10.2. The summed E-state index contributed by atoms with van der Waals surface area (Å²) in [5.41, 5.74) is 1.71. The van der Waals surface area contributed by atoms with E-state index in [4.69, 9.17) is 4.74 Å². The second kappa shape index (κ2) is 7.07. The van der Waals surface area contributed by atoms with E-state index in [-0.39, 0.29) is 5.56 Å². The Morgan fingerprint density at radius 1 is 1.14 bits per heavy atom. The maximum Gasteiger partial charge on any atom is 0.257 e. The maximum atomic E-state index is 12.5. The van der Waals surface area contributed by atoms with E-state index >= 15 is 0 Å². The van der Waals surface area contributed by atoms with Crippen LogP contribution in [0.5, 0.6) is 5.75 Å². The summed E-state index contributed by atoms with van der Waals surface area (Å²) in [6, 6.07) is 9.63. The minimum atomic E-state index is 0.0681. The summed E-state index contributed by atoms with van der Waals surface area (Å²) in [5.74, 6) is 1.64. The molecule has 0 aliphatic carbocycles. The summed E-state index contributed by atoms with van der Waals surface area (Å²) >= 11 is 0. The van der Waals surface area contributed by atoms with Gasteiger partial charge in [-0.3, -0.25) is 9.36 Å². The molecule has 0 amide bonds. The van der Waals surface area contributed by atoms with Gasteiger partial charge in [0.2, 0.25) is 0 Å². The van der Waals surface area contributed by atoms with Gasteiger partial charge in [0.25, 0.3) is 5.56 Å². The average Bonchev–Trinajstić information content (AvgIpc) is 2.50. The number of para-hydroxylation sites is 1. The Labute approximate surface area is 125 Å². The second-order valence-corrected chi connectivity index (χ2v) is 4.92. The van der Waals surface area contributed by atoms with Gasteiger partial charge in [-0.25, -0.2) is 4.98 Å². The molecule has 4 heteroatoms. The van der Waals surface area contributed by atoms with E-state index in [1.165, 1.54) is 0 Å². The molecule has 2 aromatic rings. The highest BCUT2D eigenvalue weighted by molar-refractivity contribution is 5.21. The van der Waals surface area contributed by atoms with Crippen LogP contribution in [0.3, 0.4) is 0 Å². The molecule has 0 bridgehead atoms. The molecule has 21 heavy (non-hydrogen) atoms. The van der Waals surface area contributed by atoms with Crippen LogP contribution in [0.25, 0.3) is 0 Å². The van der Waals surface area contributed by atoms with Crippen LogP contribution in [-0.2, 0) is 19.4 Å². The number of hydrogen-bond donors (Lipinski definition) is 0. The van der Waals surface area contributed by atoms with E-state index < -0.39 is 0 Å². The molecule has 0 saturated heterocycles. The molecule has 1 aromatic heterocycles. The number of nitrogens with zero attached hydrogens (tertiary/aromatic N) is 2. The first-order chi connectivity index (χ1) is 10.2. The van der Waals surface area contributed by atoms with Crippen molar-refractivity contribution in [1.29, 1.82) is 0 Å². The minimum absolute atomic E-state index is 0.0681. The van der Waals surface area contributed by atoms with Gasteiger partial charge in [-0.2, -0.15) is 0 Å². The first-order valence-corrected chi connectivity index (χ1v) is 7.44. The van der Waals surface area contributed by atoms with Gasteiger partial charge in [0.05, 0.1) is 6.54 Å². The molecule has 0 radical (unpaired) electrons. The lowest BCUT2D eigenvalue weighted by molar-refractivity contribution is 0.293. The number of aryl methyl sites for hydroxylation is 2. The molecule has 0 saturated carbocycles. The fourth-order valence-electron chi connectivity index (χ4n) is 2.44. The molecule has 0 aliphatic heterocycles. The molecule has 0 atom stereocenters. The SMILES string of the molecule is CCc1c(C)nc(CC)n(CCOc2ccccc2)c1=O. The highest BCUT2D eigenvalue weighted by Gasteiger charge is 2.11. The Hall–Kier alpha value is -2.10. The summed E-state index contributed by atoms with van der Waals surface area (Å²) in [6.07, 6.45) is 1.45. The van der Waals surface area contributed by atoms with Gasteiger partial charge >= 0.3 is 0 Å². The highest BCUT2D eigenvalue weighted by Crippen LogP contribution is 2.09. The number of ether oxygens (including phenoxy) is 1. The first-order valence-electron chi connectivity index (χ1n) is 7.44. The molecular weight excluding hydrogens is 264 g/mol. The Kier molecular flexibility index (Phi) is 5.14. The summed E-state index contributed by atoms with van der Waals surface area (Å²) in [6.45, 7) is 6.90. The summed E-state index contributed by atoms with van der Waals surface area (Å²) < 4.78 is 7.43. The van der Waals surface area contributed by atoms with Gasteiger partial charge in [0, 0.05) is 17.7 Å². The Bertz CT molecular complexity index is 648. The number of rotatable bonds is 6. The van der Waals surface area contributed by atoms with Crippen LogP contribution in [0, 0.1) is 6.92 Å². The predicted molar refractivity (Wildman–Crippen MR) is 83.9 cm³/mol. The average molecular weight is 286 g/mol. The summed E-state index contributed by atoms with van der Waals surface area (Å²) in [4.78, 5) is 17.1. The predicted octanol–water partition coefficient (Wildman–Crippen LogP) is 2.76. The molecule has 2 rings (SSSR count). The van der Waals surface area contributed by atoms with Crippen molar-refractivity contribution in [1.82, 2.24) is 9.55 Å². The van der Waals surface area contributed by atoms with Gasteiger partial charge in [-0.05, 0) is 25.5 Å². The van der Waals surface area contributed by atoms with Crippen molar-refractivity contribution in [2.45, 2.75) is 40.2 Å². The molecule has 0 unspecified atom stereocenters. The number of hydrogen-bond acceptors (Lipinski definition) is 3. The molecule has 1 aromatic carbocycles. The quantitative estimate of drug-likeness (QED) is 0.820. The van der Waals surface area contributed by atoms with E-state index in [9.17, 15) is 4.79 Å². The van der Waals surface area contributed by atoms with E-state index in [2.05, 4.69) is 4.98 Å². The Morgan fingerprint density at radius 2 is 1.86 bits per heavy atom. The van der Waals surface area contributed by atoms with E-state index in [1.54, 1.807) is 4.57 Å². The molecule has 0 fully saturated rings. The third kappa shape index (κ3) is 3.51. The third-order valence-corrected chi connectivity index (χ3v) is 3.54. The lowest BCUT2D eigenvalue weighted by Crippen LogP contribution is -2.31. The van der Waals surface area contributed by atoms with Crippen molar-refractivity contribution in [3.63, 3.8) is 0 Å². The normalized spacial score (nSPS) is 10.6. The van der Waals surface area contributed by atoms with E-state index in [0.717, 1.165) is 29.3 Å². The van der Waals surface area contributed by atoms with Gasteiger partial charge in [-0.1, -0.05) is 32.0 Å². The summed E-state index contributed by atoms with van der Waals surface area (Å²) in [5, 5.41) is 0. The second-order valence-electron chi connectivity index (χ2n) is 4.92. The highest BCUT2D eigenvalue weighted by atomic mass is 16.5. The van der Waals surface area contributed by atoms with Crippen molar-refractivity contribution in [3.05, 3.63) is 57.8 Å². The van der Waals surface area contributed by atoms with Crippen molar-refractivity contribution in [3.8, 4) is 5.75 Å². The maximum absolute atomic E-state index is 12.5. The molecule has 4 nitrogen and oxygen atoms in total. The Balaban J connectivity index is 2.17. The smallest absolute Gasteiger partial charge is 0.257 e. The third-order valence-electron chi connectivity index (χ3n) is 3.54. The Morgan fingerprint density at radius 3 is 2.48 bits per heavy atom. The first kappa shape index (κ1) is 15.3. The van der Waals surface area contributed by atoms with Crippen molar-refractivity contribution < 1.29 is 4.74 Å². The van der Waals surface area contributed by atoms with Gasteiger partial charge in [0.1, 0.15) is 18.2 Å². The standard InChI is InChI=1S/C17H22N2O2/c1-4-15-13(3)18-16(5-2)19(17(15)20)11-12-21-14-9-7-6-8-10-14/h6-10H,4-5,11-12H2,1-3H3. The van der Waals surface area contributed by atoms with Crippen LogP contribution in [0.4, 0.5) is 0 Å². The molecule has 0 aliphatic rings. The fraction of sp³-hybridized carbons (Fsp3) is 0.412. The van der Waals surface area contributed by atoms with Gasteiger partial charge in [0.15, 0.2) is 0 Å². The number of benzene rings is 1. The minimum Gasteiger partial charge on any atom is -0.492 e. The van der Waals surface area contributed by atoms with Gasteiger partial charge < -0.3 is 4.74 Å². The van der Waals surface area contributed by atoms with Gasteiger partial charge in [-0.15, -0.1) is 0 Å². The van der Waals surface area contributed by atoms with Crippen LogP contribution in [0.15, 0.2) is 35.1 Å². The molecular formula is C17H22N2O2. The zero-order chi connectivity index (χ0) is 15.2. The zero-order valence-electron chi connectivity index (χ0n) is 12.9. The van der Waals surface area contributed by atoms with Crippen LogP contribution in [0.2, 0.25) is 0 Å². The molecule has 112 valence electrons. The monoisotopic (exact) mass is 286 g/mol. The molecule has 0 spiro atoms. The topological polar surface area (TPSA) is 44.1 Å². The van der Waals surface area contributed by atoms with Crippen LogP contribution < -0.4 is 10.3 Å². The fourth-order valence-corrected chi connectivity index (χ4v) is 2.44. The van der Waals surface area contributed by atoms with Crippen molar-refractivity contribution in [2.75, 3.05) is 6.61 Å². The van der Waals surface area contributed by atoms with Crippen molar-refractivity contribution >= 4 is 0 Å². The largest absolute Gasteiger partial charge is 0.492 e. The van der Waals surface area contributed by atoms with E-state index in [1.807, 2.05) is 51.1 Å². The van der Waals surface area contributed by atoms with Crippen LogP contribution in [0.1, 0.15) is 30.9 Å². The van der Waals surface area contributed by atoms with Crippen molar-refractivity contribution in [2.24, 2.45) is 0 Å². The van der Waals surface area contributed by atoms with Crippen LogP contribution >= 0.6 is 0 Å². The van der Waals surface area contributed by atoms with Crippen LogP contribution in [-0.4, -0.2) is 16.2 Å². The lowest BCUT2D eigenvalue weighted by Gasteiger charge is -2.14. The molecule has 0 N–H and O–H groups in total. The number of aromatic nitrogens is 2. The zero-order valence-corrected chi connectivity index (χ0v) is 12.9. The van der Waals surface area contributed by atoms with E-state index in [0.29, 0.717) is 19.6 Å².